The number of hydrogen-bond donors (Lipinski definition) is 1. The maximum absolute atomic E-state index is 11.9. The molecule has 100 valence electrons. The highest BCUT2D eigenvalue weighted by Crippen LogP contribution is 2.07. The predicted octanol–water partition coefficient (Wildman–Crippen LogP) is 0.786. The first kappa shape index (κ1) is 13.0. The smallest absolute Gasteiger partial charge is 0.224 e. The van der Waals surface area contributed by atoms with Gasteiger partial charge in [0.15, 0.2) is 0 Å². The number of rotatable bonds is 5. The average Bonchev–Trinajstić information content (AvgIpc) is 2.90. The van der Waals surface area contributed by atoms with Gasteiger partial charge < -0.3 is 9.88 Å². The van der Waals surface area contributed by atoms with Crippen LogP contribution in [0.15, 0.2) is 12.4 Å². The van der Waals surface area contributed by atoms with Gasteiger partial charge in [-0.25, -0.2) is 4.98 Å². The lowest BCUT2D eigenvalue weighted by Gasteiger charge is -2.26. The van der Waals surface area contributed by atoms with Crippen LogP contribution in [0.25, 0.3) is 0 Å². The second kappa shape index (κ2) is 6.51. The maximum atomic E-state index is 11.9. The Morgan fingerprint density at radius 2 is 2.50 bits per heavy atom. The minimum Gasteiger partial charge on any atom is -0.347 e. The number of imidazole rings is 1. The standard InChI is InChI=1S/C12H20N4O2/c1-15(10-11-13-5-6-14-11)12(17)4-8-16-7-2-3-9-18-16/h5-6H,2-4,7-10H2,1H3,(H,13,14). The third-order valence-electron chi connectivity index (χ3n) is 3.02. The minimum absolute atomic E-state index is 0.112. The zero-order valence-corrected chi connectivity index (χ0v) is 10.8. The first-order valence-electron chi connectivity index (χ1n) is 6.36. The van der Waals surface area contributed by atoms with E-state index in [1.165, 1.54) is 0 Å². The predicted molar refractivity (Wildman–Crippen MR) is 66.4 cm³/mol. The molecular weight excluding hydrogens is 232 g/mol. The summed E-state index contributed by atoms with van der Waals surface area (Å²) in [7, 11) is 1.79. The first-order valence-corrected chi connectivity index (χ1v) is 6.36. The van der Waals surface area contributed by atoms with Gasteiger partial charge in [-0.05, 0) is 12.8 Å². The number of hydroxylamine groups is 2. The normalized spacial score (nSPS) is 16.7. The van der Waals surface area contributed by atoms with Crippen molar-refractivity contribution in [3.8, 4) is 0 Å². The monoisotopic (exact) mass is 252 g/mol. The molecule has 0 saturated carbocycles. The molecule has 1 saturated heterocycles. The van der Waals surface area contributed by atoms with Crippen LogP contribution in [-0.4, -0.2) is 52.6 Å². The third kappa shape index (κ3) is 3.82. The second-order valence-corrected chi connectivity index (χ2v) is 4.51. The van der Waals surface area contributed by atoms with E-state index in [9.17, 15) is 4.79 Å². The van der Waals surface area contributed by atoms with Crippen molar-refractivity contribution in [3.05, 3.63) is 18.2 Å². The van der Waals surface area contributed by atoms with E-state index in [1.807, 2.05) is 5.06 Å². The average molecular weight is 252 g/mol. The Hall–Kier alpha value is -1.40. The molecular formula is C12H20N4O2. The van der Waals surface area contributed by atoms with E-state index in [0.29, 0.717) is 19.5 Å². The summed E-state index contributed by atoms with van der Waals surface area (Å²) in [6.07, 6.45) is 6.20. The zero-order valence-electron chi connectivity index (χ0n) is 10.8. The molecule has 6 nitrogen and oxygen atoms in total. The number of nitrogens with one attached hydrogen (secondary N) is 1. The van der Waals surface area contributed by atoms with Crippen LogP contribution < -0.4 is 0 Å². The number of carbonyl (C=O) groups is 1. The topological polar surface area (TPSA) is 61.5 Å². The highest BCUT2D eigenvalue weighted by molar-refractivity contribution is 5.75. The summed E-state index contributed by atoms with van der Waals surface area (Å²) < 4.78 is 0. The summed E-state index contributed by atoms with van der Waals surface area (Å²) in [4.78, 5) is 26.1. The molecule has 0 spiro atoms. The van der Waals surface area contributed by atoms with Gasteiger partial charge in [0.05, 0.1) is 13.2 Å². The highest BCUT2D eigenvalue weighted by atomic mass is 16.7. The van der Waals surface area contributed by atoms with Crippen LogP contribution in [0.2, 0.25) is 0 Å². The van der Waals surface area contributed by atoms with Gasteiger partial charge in [-0.1, -0.05) is 0 Å². The molecule has 0 aromatic carbocycles. The second-order valence-electron chi connectivity index (χ2n) is 4.51. The molecule has 0 aliphatic carbocycles. The van der Waals surface area contributed by atoms with E-state index in [2.05, 4.69) is 9.97 Å². The van der Waals surface area contributed by atoms with Crippen molar-refractivity contribution in [1.82, 2.24) is 19.9 Å². The summed E-state index contributed by atoms with van der Waals surface area (Å²) in [6, 6.07) is 0. The zero-order chi connectivity index (χ0) is 12.8. The lowest BCUT2D eigenvalue weighted by molar-refractivity contribution is -0.182. The van der Waals surface area contributed by atoms with E-state index in [4.69, 9.17) is 4.84 Å². The number of hydrogen-bond acceptors (Lipinski definition) is 4. The van der Waals surface area contributed by atoms with Crippen LogP contribution in [0.4, 0.5) is 0 Å². The largest absolute Gasteiger partial charge is 0.347 e. The van der Waals surface area contributed by atoms with E-state index < -0.39 is 0 Å². The molecule has 0 radical (unpaired) electrons. The van der Waals surface area contributed by atoms with Gasteiger partial charge in [0, 0.05) is 39.0 Å². The number of aromatic nitrogens is 2. The number of H-pyrrole nitrogens is 1. The van der Waals surface area contributed by atoms with E-state index in [1.54, 1.807) is 24.3 Å². The summed E-state index contributed by atoms with van der Waals surface area (Å²) in [5, 5.41) is 1.89. The molecule has 1 aromatic rings. The quantitative estimate of drug-likeness (QED) is 0.841. The van der Waals surface area contributed by atoms with Gasteiger partial charge in [-0.15, -0.1) is 0 Å². The summed E-state index contributed by atoms with van der Waals surface area (Å²) >= 11 is 0. The van der Waals surface area contributed by atoms with Gasteiger partial charge in [-0.2, -0.15) is 5.06 Å². The van der Waals surface area contributed by atoms with Crippen molar-refractivity contribution in [3.63, 3.8) is 0 Å². The first-order chi connectivity index (χ1) is 8.75. The molecule has 1 aliphatic heterocycles. The van der Waals surface area contributed by atoms with Crippen LogP contribution in [0.1, 0.15) is 25.1 Å². The lowest BCUT2D eigenvalue weighted by atomic mass is 10.3. The molecule has 0 bridgehead atoms. The van der Waals surface area contributed by atoms with E-state index in [-0.39, 0.29) is 5.91 Å². The Balaban J connectivity index is 1.70. The highest BCUT2D eigenvalue weighted by Gasteiger charge is 2.15. The SMILES string of the molecule is CN(Cc1ncc[nH]1)C(=O)CCN1CCCCO1. The number of aromatic amines is 1. The van der Waals surface area contributed by atoms with Gasteiger partial charge >= 0.3 is 0 Å². The van der Waals surface area contributed by atoms with Crippen LogP contribution in [0.5, 0.6) is 0 Å². The Bertz CT molecular complexity index is 360. The number of carbonyl (C=O) groups excluding carboxylic acids is 1. The van der Waals surface area contributed by atoms with Crippen molar-refractivity contribution in [2.24, 2.45) is 0 Å². The fourth-order valence-electron chi connectivity index (χ4n) is 1.93. The van der Waals surface area contributed by atoms with Crippen molar-refractivity contribution in [1.29, 1.82) is 0 Å². The molecule has 6 heteroatoms. The fraction of sp³-hybridized carbons (Fsp3) is 0.667. The van der Waals surface area contributed by atoms with Crippen LogP contribution >= 0.6 is 0 Å². The third-order valence-corrected chi connectivity index (χ3v) is 3.02. The van der Waals surface area contributed by atoms with Crippen LogP contribution in [0.3, 0.4) is 0 Å². The Morgan fingerprint density at radius 1 is 1.61 bits per heavy atom. The molecule has 2 rings (SSSR count). The van der Waals surface area contributed by atoms with Gasteiger partial charge in [0.25, 0.3) is 0 Å². The fourth-order valence-corrected chi connectivity index (χ4v) is 1.93. The molecule has 1 aromatic heterocycles. The van der Waals surface area contributed by atoms with Gasteiger partial charge in [-0.3, -0.25) is 9.63 Å². The summed E-state index contributed by atoms with van der Waals surface area (Å²) in [6.45, 7) is 2.89. The molecule has 1 aliphatic rings. The van der Waals surface area contributed by atoms with Crippen molar-refractivity contribution < 1.29 is 9.63 Å². The summed E-state index contributed by atoms with van der Waals surface area (Å²) in [5.41, 5.74) is 0. The molecule has 0 unspecified atom stereocenters. The van der Waals surface area contributed by atoms with Crippen molar-refractivity contribution >= 4 is 5.91 Å². The van der Waals surface area contributed by atoms with Crippen LogP contribution in [-0.2, 0) is 16.2 Å². The van der Waals surface area contributed by atoms with Gasteiger partial charge in [0.2, 0.25) is 5.91 Å². The van der Waals surface area contributed by atoms with Crippen molar-refractivity contribution in [2.75, 3.05) is 26.7 Å². The number of amides is 1. The Morgan fingerprint density at radius 3 is 3.17 bits per heavy atom. The Labute approximate surface area is 107 Å². The van der Waals surface area contributed by atoms with Gasteiger partial charge in [0.1, 0.15) is 5.82 Å². The summed E-state index contributed by atoms with van der Waals surface area (Å²) in [5.74, 6) is 0.917. The maximum Gasteiger partial charge on any atom is 0.224 e. The Kier molecular flexibility index (Phi) is 4.72. The lowest BCUT2D eigenvalue weighted by Crippen LogP contribution is -2.35. The van der Waals surface area contributed by atoms with E-state index in [0.717, 1.165) is 31.8 Å². The van der Waals surface area contributed by atoms with Crippen molar-refractivity contribution in [2.45, 2.75) is 25.8 Å². The molecule has 1 N–H and O–H groups in total. The molecule has 2 heterocycles. The molecule has 0 atom stereocenters. The molecule has 1 amide bonds. The molecule has 1 fully saturated rings. The number of nitrogens with zero attached hydrogens (tertiary/aromatic N) is 3. The molecule has 18 heavy (non-hydrogen) atoms. The van der Waals surface area contributed by atoms with Crippen LogP contribution in [0, 0.1) is 0 Å². The minimum atomic E-state index is 0.112. The van der Waals surface area contributed by atoms with E-state index >= 15 is 0 Å².